The molecule has 1 rings (SSSR count). The van der Waals surface area contributed by atoms with Gasteiger partial charge in [-0.25, -0.2) is 0 Å². The smallest absolute Gasteiger partial charge is 0.0900 e. The second-order valence-electron chi connectivity index (χ2n) is 5.72. The standard InChI is InChI=1S/C15H32N2O2/c1-4-8-16-13(3)14-7-6-9-17(10-14)11-15(18)12-19-5-2/h13-16,18H,4-12H2,1-3H3. The van der Waals surface area contributed by atoms with Crippen LogP contribution in [0.4, 0.5) is 0 Å². The third-order valence-corrected chi connectivity index (χ3v) is 3.95. The number of likely N-dealkylation sites (tertiary alicyclic amines) is 1. The zero-order valence-electron chi connectivity index (χ0n) is 12.9. The molecular weight excluding hydrogens is 240 g/mol. The molecule has 114 valence electrons. The Morgan fingerprint density at radius 1 is 1.42 bits per heavy atom. The summed E-state index contributed by atoms with van der Waals surface area (Å²) in [6.07, 6.45) is 3.38. The predicted molar refractivity (Wildman–Crippen MR) is 79.4 cm³/mol. The Hall–Kier alpha value is -0.160. The van der Waals surface area contributed by atoms with Crippen molar-refractivity contribution < 1.29 is 9.84 Å². The van der Waals surface area contributed by atoms with Crippen LogP contribution in [0.3, 0.4) is 0 Å². The van der Waals surface area contributed by atoms with E-state index in [1.54, 1.807) is 0 Å². The lowest BCUT2D eigenvalue weighted by atomic mass is 9.91. The first-order chi connectivity index (χ1) is 9.17. The number of piperidine rings is 1. The molecule has 19 heavy (non-hydrogen) atoms. The molecule has 0 bridgehead atoms. The number of β-amino-alcohol motifs (C(OH)–C–C–N with tert-alkyl or cyclic N) is 1. The maximum Gasteiger partial charge on any atom is 0.0900 e. The molecule has 1 saturated heterocycles. The lowest BCUT2D eigenvalue weighted by molar-refractivity contribution is 0.0111. The number of nitrogens with zero attached hydrogens (tertiary/aromatic N) is 1. The average Bonchev–Trinajstić information content (AvgIpc) is 2.42. The van der Waals surface area contributed by atoms with Crippen molar-refractivity contribution >= 4 is 0 Å². The number of aliphatic hydroxyl groups excluding tert-OH is 1. The number of hydrogen-bond acceptors (Lipinski definition) is 4. The Balaban J connectivity index is 2.28. The summed E-state index contributed by atoms with van der Waals surface area (Å²) in [5.41, 5.74) is 0. The van der Waals surface area contributed by atoms with E-state index < -0.39 is 0 Å². The molecule has 1 aliphatic heterocycles. The molecule has 0 amide bonds. The Kier molecular flexibility index (Phi) is 8.62. The molecular formula is C15H32N2O2. The monoisotopic (exact) mass is 272 g/mol. The maximum atomic E-state index is 9.92. The fourth-order valence-corrected chi connectivity index (χ4v) is 2.81. The van der Waals surface area contributed by atoms with E-state index in [0.717, 1.165) is 26.2 Å². The van der Waals surface area contributed by atoms with Gasteiger partial charge in [0.1, 0.15) is 0 Å². The second kappa shape index (κ2) is 9.70. The van der Waals surface area contributed by atoms with Crippen LogP contribution in [-0.2, 0) is 4.74 Å². The number of aliphatic hydroxyl groups is 1. The van der Waals surface area contributed by atoms with Gasteiger partial charge in [0, 0.05) is 25.7 Å². The predicted octanol–water partition coefficient (Wildman–Crippen LogP) is 1.48. The van der Waals surface area contributed by atoms with E-state index in [-0.39, 0.29) is 6.10 Å². The molecule has 2 N–H and O–H groups in total. The highest BCUT2D eigenvalue weighted by Gasteiger charge is 2.25. The summed E-state index contributed by atoms with van der Waals surface area (Å²) < 4.78 is 5.28. The highest BCUT2D eigenvalue weighted by atomic mass is 16.5. The zero-order valence-corrected chi connectivity index (χ0v) is 12.9. The lowest BCUT2D eigenvalue weighted by Crippen LogP contribution is -2.47. The van der Waals surface area contributed by atoms with Crippen LogP contribution < -0.4 is 5.32 Å². The number of hydrogen-bond donors (Lipinski definition) is 2. The Morgan fingerprint density at radius 2 is 2.21 bits per heavy atom. The number of rotatable bonds is 9. The van der Waals surface area contributed by atoms with Gasteiger partial charge in [0.15, 0.2) is 0 Å². The summed E-state index contributed by atoms with van der Waals surface area (Å²) in [6, 6.07) is 0.576. The summed E-state index contributed by atoms with van der Waals surface area (Å²) in [7, 11) is 0. The van der Waals surface area contributed by atoms with Crippen molar-refractivity contribution in [1.29, 1.82) is 0 Å². The van der Waals surface area contributed by atoms with Gasteiger partial charge in [-0.1, -0.05) is 6.92 Å². The Labute approximate surface area is 118 Å². The maximum absolute atomic E-state index is 9.92. The van der Waals surface area contributed by atoms with Crippen molar-refractivity contribution in [2.45, 2.75) is 52.2 Å². The fraction of sp³-hybridized carbons (Fsp3) is 1.00. The molecule has 4 nitrogen and oxygen atoms in total. The molecule has 1 heterocycles. The highest BCUT2D eigenvalue weighted by molar-refractivity contribution is 4.81. The third-order valence-electron chi connectivity index (χ3n) is 3.95. The van der Waals surface area contributed by atoms with Gasteiger partial charge in [-0.15, -0.1) is 0 Å². The first kappa shape index (κ1) is 16.9. The normalized spacial score (nSPS) is 24.3. The molecule has 3 atom stereocenters. The summed E-state index contributed by atoms with van der Waals surface area (Å²) in [6.45, 7) is 11.7. The average molecular weight is 272 g/mol. The van der Waals surface area contributed by atoms with Crippen LogP contribution in [0.1, 0.15) is 40.0 Å². The van der Waals surface area contributed by atoms with Crippen LogP contribution in [-0.4, -0.2) is 61.5 Å². The summed E-state index contributed by atoms with van der Waals surface area (Å²) >= 11 is 0. The van der Waals surface area contributed by atoms with Crippen LogP contribution in [0.5, 0.6) is 0 Å². The van der Waals surface area contributed by atoms with E-state index in [9.17, 15) is 5.11 Å². The minimum Gasteiger partial charge on any atom is -0.389 e. The van der Waals surface area contributed by atoms with Crippen molar-refractivity contribution in [3.63, 3.8) is 0 Å². The highest BCUT2D eigenvalue weighted by Crippen LogP contribution is 2.20. The Morgan fingerprint density at radius 3 is 2.89 bits per heavy atom. The molecule has 1 aliphatic rings. The van der Waals surface area contributed by atoms with E-state index in [1.807, 2.05) is 6.92 Å². The molecule has 4 heteroatoms. The van der Waals surface area contributed by atoms with Crippen molar-refractivity contribution in [3.05, 3.63) is 0 Å². The summed E-state index contributed by atoms with van der Waals surface area (Å²) in [5.74, 6) is 0.708. The topological polar surface area (TPSA) is 44.7 Å². The van der Waals surface area contributed by atoms with E-state index >= 15 is 0 Å². The summed E-state index contributed by atoms with van der Waals surface area (Å²) in [4.78, 5) is 2.39. The van der Waals surface area contributed by atoms with Crippen LogP contribution in [0.2, 0.25) is 0 Å². The Bertz CT molecular complexity index is 226. The molecule has 0 aromatic heterocycles. The van der Waals surface area contributed by atoms with E-state index in [1.165, 1.54) is 19.3 Å². The van der Waals surface area contributed by atoms with E-state index in [4.69, 9.17) is 4.74 Å². The molecule has 3 unspecified atom stereocenters. The lowest BCUT2D eigenvalue weighted by Gasteiger charge is -2.37. The van der Waals surface area contributed by atoms with Crippen molar-refractivity contribution in [3.8, 4) is 0 Å². The van der Waals surface area contributed by atoms with Crippen LogP contribution in [0.15, 0.2) is 0 Å². The number of ether oxygens (including phenoxy) is 1. The quantitative estimate of drug-likeness (QED) is 0.667. The largest absolute Gasteiger partial charge is 0.389 e. The molecule has 0 radical (unpaired) electrons. The molecule has 0 saturated carbocycles. The van der Waals surface area contributed by atoms with Gasteiger partial charge in [0.2, 0.25) is 0 Å². The van der Waals surface area contributed by atoms with Crippen LogP contribution in [0, 0.1) is 5.92 Å². The molecule has 0 aliphatic carbocycles. The zero-order chi connectivity index (χ0) is 14.1. The molecule has 0 aromatic rings. The van der Waals surface area contributed by atoms with Crippen LogP contribution in [0.25, 0.3) is 0 Å². The first-order valence-corrected chi connectivity index (χ1v) is 7.88. The summed E-state index contributed by atoms with van der Waals surface area (Å²) in [5, 5.41) is 13.5. The van der Waals surface area contributed by atoms with Gasteiger partial charge in [-0.2, -0.15) is 0 Å². The van der Waals surface area contributed by atoms with Gasteiger partial charge >= 0.3 is 0 Å². The first-order valence-electron chi connectivity index (χ1n) is 7.88. The number of nitrogens with one attached hydrogen (secondary N) is 1. The SMILES string of the molecule is CCCNC(C)C1CCCN(CC(O)COCC)C1. The fourth-order valence-electron chi connectivity index (χ4n) is 2.81. The van der Waals surface area contributed by atoms with Crippen molar-refractivity contribution in [2.24, 2.45) is 5.92 Å². The minimum absolute atomic E-state index is 0.349. The van der Waals surface area contributed by atoms with Gasteiger partial charge < -0.3 is 20.1 Å². The van der Waals surface area contributed by atoms with Crippen molar-refractivity contribution in [1.82, 2.24) is 10.2 Å². The van der Waals surface area contributed by atoms with Gasteiger partial charge in [-0.3, -0.25) is 0 Å². The second-order valence-corrected chi connectivity index (χ2v) is 5.72. The van der Waals surface area contributed by atoms with Gasteiger partial charge in [0.25, 0.3) is 0 Å². The van der Waals surface area contributed by atoms with E-state index in [2.05, 4.69) is 24.1 Å². The van der Waals surface area contributed by atoms with Gasteiger partial charge in [-0.05, 0) is 52.1 Å². The molecule has 0 spiro atoms. The minimum atomic E-state index is -0.349. The van der Waals surface area contributed by atoms with Gasteiger partial charge in [0.05, 0.1) is 12.7 Å². The van der Waals surface area contributed by atoms with Crippen LogP contribution >= 0.6 is 0 Å². The van der Waals surface area contributed by atoms with E-state index in [0.29, 0.717) is 25.2 Å². The van der Waals surface area contributed by atoms with Crippen molar-refractivity contribution in [2.75, 3.05) is 39.4 Å². The molecule has 0 aromatic carbocycles. The third kappa shape index (κ3) is 6.70. The molecule has 1 fully saturated rings.